The fourth-order valence-electron chi connectivity index (χ4n) is 4.61. The Labute approximate surface area is 214 Å². The second kappa shape index (κ2) is 10.3. The van der Waals surface area contributed by atoms with Crippen molar-refractivity contribution in [2.45, 2.75) is 44.9 Å². The third-order valence-electron chi connectivity index (χ3n) is 6.82. The molecule has 0 saturated carbocycles. The molecule has 2 aromatic carbocycles. The van der Waals surface area contributed by atoms with Crippen LogP contribution in [0.4, 0.5) is 5.69 Å². The standard InChI is InChI=1S/C28H34N4O3S/c1-20(2)23-11-13-26(14-12-23)32(36(34,35)28-21(3)29-30(5)22(28)4)19-27(33)31-17-15-25(16-18-31)24-9-7-6-8-10-24/h6-15,20H,16-19H2,1-5H3. The number of anilines is 1. The SMILES string of the molecule is Cc1nn(C)c(C)c1S(=O)(=O)N(CC(=O)N1CC=C(c2ccccc2)CC1)c1ccc(C(C)C)cc1. The van der Waals surface area contributed by atoms with E-state index in [0.717, 1.165) is 17.5 Å². The molecule has 4 rings (SSSR count). The maximum absolute atomic E-state index is 14.0. The highest BCUT2D eigenvalue weighted by molar-refractivity contribution is 7.93. The van der Waals surface area contributed by atoms with Gasteiger partial charge in [0.25, 0.3) is 10.0 Å². The van der Waals surface area contributed by atoms with Crippen LogP contribution in [0, 0.1) is 13.8 Å². The Hall–Kier alpha value is -3.39. The van der Waals surface area contributed by atoms with Crippen LogP contribution in [0.5, 0.6) is 0 Å². The number of aryl methyl sites for hydroxylation is 2. The molecular weight excluding hydrogens is 472 g/mol. The van der Waals surface area contributed by atoms with Gasteiger partial charge in [-0.1, -0.05) is 62.4 Å². The van der Waals surface area contributed by atoms with Gasteiger partial charge in [-0.2, -0.15) is 5.10 Å². The number of hydrogen-bond donors (Lipinski definition) is 0. The van der Waals surface area contributed by atoms with Crippen LogP contribution in [-0.4, -0.2) is 48.6 Å². The van der Waals surface area contributed by atoms with E-state index in [0.29, 0.717) is 36.1 Å². The molecule has 1 aromatic heterocycles. The molecule has 1 aliphatic rings. The molecule has 0 aliphatic carbocycles. The summed E-state index contributed by atoms with van der Waals surface area (Å²) in [5, 5.41) is 4.30. The lowest BCUT2D eigenvalue weighted by molar-refractivity contribution is -0.129. The number of benzene rings is 2. The highest BCUT2D eigenvalue weighted by Gasteiger charge is 2.33. The third kappa shape index (κ3) is 5.09. The first-order valence-corrected chi connectivity index (χ1v) is 13.7. The Morgan fingerprint density at radius 2 is 1.72 bits per heavy atom. The van der Waals surface area contributed by atoms with Crippen molar-refractivity contribution in [2.75, 3.05) is 23.9 Å². The van der Waals surface area contributed by atoms with Gasteiger partial charge in [-0.05, 0) is 55.0 Å². The summed E-state index contributed by atoms with van der Waals surface area (Å²) >= 11 is 0. The second-order valence-corrected chi connectivity index (χ2v) is 11.4. The van der Waals surface area contributed by atoms with Gasteiger partial charge in [0, 0.05) is 20.1 Å². The van der Waals surface area contributed by atoms with Crippen molar-refractivity contribution in [3.05, 3.63) is 83.2 Å². The van der Waals surface area contributed by atoms with Crippen molar-refractivity contribution in [2.24, 2.45) is 7.05 Å². The van der Waals surface area contributed by atoms with Crippen LogP contribution < -0.4 is 4.31 Å². The van der Waals surface area contributed by atoms with Crippen LogP contribution in [-0.2, 0) is 21.9 Å². The van der Waals surface area contributed by atoms with E-state index in [9.17, 15) is 13.2 Å². The van der Waals surface area contributed by atoms with Gasteiger partial charge >= 0.3 is 0 Å². The molecule has 0 atom stereocenters. The normalized spacial score (nSPS) is 14.2. The van der Waals surface area contributed by atoms with Crippen LogP contribution in [0.15, 0.2) is 65.6 Å². The molecular formula is C28H34N4O3S. The predicted molar refractivity (Wildman–Crippen MR) is 143 cm³/mol. The maximum Gasteiger partial charge on any atom is 0.268 e. The van der Waals surface area contributed by atoms with Gasteiger partial charge in [-0.25, -0.2) is 8.42 Å². The summed E-state index contributed by atoms with van der Waals surface area (Å²) in [6.07, 6.45) is 2.79. The summed E-state index contributed by atoms with van der Waals surface area (Å²) in [5.74, 6) is 0.0848. The largest absolute Gasteiger partial charge is 0.337 e. The monoisotopic (exact) mass is 506 g/mol. The highest BCUT2D eigenvalue weighted by Crippen LogP contribution is 2.30. The van der Waals surface area contributed by atoms with Gasteiger partial charge in [0.15, 0.2) is 0 Å². The molecule has 0 N–H and O–H groups in total. The minimum atomic E-state index is -4.03. The van der Waals surface area contributed by atoms with Crippen LogP contribution in [0.2, 0.25) is 0 Å². The number of amides is 1. The summed E-state index contributed by atoms with van der Waals surface area (Å²) in [4.78, 5) is 15.3. The zero-order chi connectivity index (χ0) is 26.0. The summed E-state index contributed by atoms with van der Waals surface area (Å²) in [5.41, 5.74) is 4.88. The molecule has 0 radical (unpaired) electrons. The highest BCUT2D eigenvalue weighted by atomic mass is 32.2. The first-order chi connectivity index (χ1) is 17.1. The molecule has 0 bridgehead atoms. The zero-order valence-electron chi connectivity index (χ0n) is 21.6. The van der Waals surface area contributed by atoms with E-state index in [4.69, 9.17) is 0 Å². The van der Waals surface area contributed by atoms with Gasteiger partial charge in [-0.3, -0.25) is 13.8 Å². The lowest BCUT2D eigenvalue weighted by Crippen LogP contribution is -2.44. The minimum Gasteiger partial charge on any atom is -0.337 e. The molecule has 7 nitrogen and oxygen atoms in total. The number of carbonyl (C=O) groups is 1. The van der Waals surface area contributed by atoms with Gasteiger partial charge in [-0.15, -0.1) is 0 Å². The molecule has 0 unspecified atom stereocenters. The van der Waals surface area contributed by atoms with E-state index in [1.54, 1.807) is 42.6 Å². The average Bonchev–Trinajstić information content (AvgIpc) is 3.14. The zero-order valence-corrected chi connectivity index (χ0v) is 22.4. The molecule has 0 spiro atoms. The van der Waals surface area contributed by atoms with Crippen molar-refractivity contribution in [3.63, 3.8) is 0 Å². The van der Waals surface area contributed by atoms with E-state index in [1.807, 2.05) is 30.3 Å². The predicted octanol–water partition coefficient (Wildman–Crippen LogP) is 4.67. The molecule has 1 aliphatic heterocycles. The Bertz CT molecular complexity index is 1370. The second-order valence-electron chi connectivity index (χ2n) is 9.57. The molecule has 190 valence electrons. The fourth-order valence-corrected chi connectivity index (χ4v) is 6.43. The number of carbonyl (C=O) groups excluding carboxylic acids is 1. The Balaban J connectivity index is 1.64. The van der Waals surface area contributed by atoms with Gasteiger partial charge in [0.2, 0.25) is 5.91 Å². The number of sulfonamides is 1. The van der Waals surface area contributed by atoms with Crippen molar-refractivity contribution in [1.82, 2.24) is 14.7 Å². The van der Waals surface area contributed by atoms with Crippen molar-refractivity contribution >= 4 is 27.2 Å². The van der Waals surface area contributed by atoms with Crippen LogP contribution in [0.25, 0.3) is 5.57 Å². The van der Waals surface area contributed by atoms with Crippen molar-refractivity contribution < 1.29 is 13.2 Å². The van der Waals surface area contributed by atoms with E-state index >= 15 is 0 Å². The summed E-state index contributed by atoms with van der Waals surface area (Å²) < 4.78 is 30.7. The number of nitrogens with zero attached hydrogens (tertiary/aromatic N) is 4. The minimum absolute atomic E-state index is 0.149. The molecule has 2 heterocycles. The van der Waals surface area contributed by atoms with Crippen LogP contribution in [0.1, 0.15) is 48.7 Å². The third-order valence-corrected chi connectivity index (χ3v) is 8.85. The average molecular weight is 507 g/mol. The number of aromatic nitrogens is 2. The molecule has 0 saturated heterocycles. The lowest BCUT2D eigenvalue weighted by atomic mass is 9.99. The Kier molecular flexibility index (Phi) is 7.36. The molecule has 8 heteroatoms. The van der Waals surface area contributed by atoms with Crippen LogP contribution >= 0.6 is 0 Å². The summed E-state index contributed by atoms with van der Waals surface area (Å²) in [6.45, 7) is 8.31. The first-order valence-electron chi connectivity index (χ1n) is 12.2. The molecule has 0 fully saturated rings. The smallest absolute Gasteiger partial charge is 0.268 e. The number of hydrogen-bond acceptors (Lipinski definition) is 4. The van der Waals surface area contributed by atoms with E-state index in [2.05, 4.69) is 37.2 Å². The lowest BCUT2D eigenvalue weighted by Gasteiger charge is -2.30. The summed E-state index contributed by atoms with van der Waals surface area (Å²) in [6, 6.07) is 17.5. The van der Waals surface area contributed by atoms with E-state index in [-0.39, 0.29) is 17.3 Å². The quantitative estimate of drug-likeness (QED) is 0.467. The van der Waals surface area contributed by atoms with Crippen molar-refractivity contribution in [1.29, 1.82) is 0 Å². The molecule has 36 heavy (non-hydrogen) atoms. The fraction of sp³-hybridized carbons (Fsp3) is 0.357. The topological polar surface area (TPSA) is 75.5 Å². The van der Waals surface area contributed by atoms with E-state index in [1.165, 1.54) is 9.88 Å². The Morgan fingerprint density at radius 3 is 2.25 bits per heavy atom. The molecule has 1 amide bonds. The summed E-state index contributed by atoms with van der Waals surface area (Å²) in [7, 11) is -2.31. The van der Waals surface area contributed by atoms with E-state index < -0.39 is 10.0 Å². The Morgan fingerprint density at radius 1 is 1.06 bits per heavy atom. The maximum atomic E-state index is 14.0. The van der Waals surface area contributed by atoms with Gasteiger partial charge in [0.05, 0.1) is 17.1 Å². The molecule has 3 aromatic rings. The van der Waals surface area contributed by atoms with Gasteiger partial charge in [0.1, 0.15) is 11.4 Å². The van der Waals surface area contributed by atoms with Crippen LogP contribution in [0.3, 0.4) is 0 Å². The number of rotatable bonds is 7. The van der Waals surface area contributed by atoms with Crippen molar-refractivity contribution in [3.8, 4) is 0 Å². The first kappa shape index (κ1) is 25.7. The van der Waals surface area contributed by atoms with Gasteiger partial charge < -0.3 is 4.90 Å².